The first-order valence-electron chi connectivity index (χ1n) is 6.00. The number of piperidine rings is 1. The molecule has 1 aromatic rings. The molecular formula is C13H13FN2O4. The third-order valence-electron chi connectivity index (χ3n) is 2.97. The Morgan fingerprint density at radius 1 is 1.45 bits per heavy atom. The largest absolute Gasteiger partial charge is 0.496 e. The van der Waals surface area contributed by atoms with E-state index in [9.17, 15) is 18.8 Å². The van der Waals surface area contributed by atoms with Crippen LogP contribution in [0.3, 0.4) is 0 Å². The molecule has 1 saturated heterocycles. The second-order valence-corrected chi connectivity index (χ2v) is 4.29. The number of carbonyl (C=O) groups excluding carboxylic acids is 3. The summed E-state index contributed by atoms with van der Waals surface area (Å²) in [5.41, 5.74) is -0.264. The van der Waals surface area contributed by atoms with Gasteiger partial charge >= 0.3 is 0 Å². The summed E-state index contributed by atoms with van der Waals surface area (Å²) in [7, 11) is 1.32. The lowest BCUT2D eigenvalue weighted by atomic mass is 10.1. The molecule has 1 unspecified atom stereocenters. The number of methoxy groups -OCH3 is 1. The summed E-state index contributed by atoms with van der Waals surface area (Å²) in [6.45, 7) is 0. The highest BCUT2D eigenvalue weighted by molar-refractivity contribution is 6.04. The van der Waals surface area contributed by atoms with E-state index in [4.69, 9.17) is 4.74 Å². The van der Waals surface area contributed by atoms with Crippen LogP contribution in [-0.2, 0) is 9.59 Å². The van der Waals surface area contributed by atoms with Crippen molar-refractivity contribution in [1.29, 1.82) is 0 Å². The van der Waals surface area contributed by atoms with Crippen LogP contribution < -0.4 is 15.4 Å². The van der Waals surface area contributed by atoms with E-state index in [1.165, 1.54) is 19.2 Å². The number of nitrogens with one attached hydrogen (secondary N) is 2. The Labute approximate surface area is 114 Å². The SMILES string of the molecule is COc1cccc(F)c1C(=O)NC1CCC(=O)NC1=O. The Balaban J connectivity index is 2.17. The Kier molecular flexibility index (Phi) is 3.97. The minimum absolute atomic E-state index is 0.0785. The quantitative estimate of drug-likeness (QED) is 0.783. The standard InChI is InChI=1S/C13H13FN2O4/c1-20-9-4-2-3-7(14)11(9)13(19)15-8-5-6-10(17)16-12(8)18/h2-4,8H,5-6H2,1H3,(H,15,19)(H,16,17,18). The molecule has 1 aliphatic rings. The van der Waals surface area contributed by atoms with E-state index in [-0.39, 0.29) is 30.1 Å². The lowest BCUT2D eigenvalue weighted by molar-refractivity contribution is -0.134. The van der Waals surface area contributed by atoms with E-state index in [0.717, 1.165) is 6.07 Å². The van der Waals surface area contributed by atoms with Gasteiger partial charge in [-0.1, -0.05) is 6.07 Å². The summed E-state index contributed by atoms with van der Waals surface area (Å²) in [6.07, 6.45) is 0.318. The van der Waals surface area contributed by atoms with Crippen LogP contribution in [0.25, 0.3) is 0 Å². The molecule has 1 aromatic carbocycles. The molecule has 7 heteroatoms. The lowest BCUT2D eigenvalue weighted by Gasteiger charge is -2.22. The smallest absolute Gasteiger partial charge is 0.258 e. The molecule has 0 spiro atoms. The summed E-state index contributed by atoms with van der Waals surface area (Å²) >= 11 is 0. The number of benzene rings is 1. The van der Waals surface area contributed by atoms with Crippen molar-refractivity contribution in [2.24, 2.45) is 0 Å². The van der Waals surface area contributed by atoms with E-state index in [0.29, 0.717) is 0 Å². The van der Waals surface area contributed by atoms with E-state index in [1.807, 2.05) is 0 Å². The van der Waals surface area contributed by atoms with E-state index in [1.54, 1.807) is 0 Å². The first kappa shape index (κ1) is 14.0. The maximum Gasteiger partial charge on any atom is 0.258 e. The van der Waals surface area contributed by atoms with Crippen molar-refractivity contribution < 1.29 is 23.5 Å². The van der Waals surface area contributed by atoms with Crippen LogP contribution >= 0.6 is 0 Å². The summed E-state index contributed by atoms with van der Waals surface area (Å²) in [5, 5.41) is 4.51. The number of amides is 3. The molecule has 0 aliphatic carbocycles. The van der Waals surface area contributed by atoms with Crippen LogP contribution in [0.1, 0.15) is 23.2 Å². The van der Waals surface area contributed by atoms with Gasteiger partial charge in [-0.3, -0.25) is 19.7 Å². The predicted octanol–water partition coefficient (Wildman–Crippen LogP) is 0.369. The van der Waals surface area contributed by atoms with Gasteiger partial charge in [0.2, 0.25) is 11.8 Å². The Morgan fingerprint density at radius 2 is 2.20 bits per heavy atom. The molecule has 2 rings (SSSR count). The van der Waals surface area contributed by atoms with Gasteiger partial charge in [-0.2, -0.15) is 0 Å². The summed E-state index contributed by atoms with van der Waals surface area (Å²) in [6, 6.07) is 3.13. The highest BCUT2D eigenvalue weighted by Crippen LogP contribution is 2.21. The monoisotopic (exact) mass is 280 g/mol. The second kappa shape index (κ2) is 5.68. The van der Waals surface area contributed by atoms with Crippen molar-refractivity contribution in [2.75, 3.05) is 7.11 Å². The second-order valence-electron chi connectivity index (χ2n) is 4.29. The van der Waals surface area contributed by atoms with Crippen LogP contribution in [0.5, 0.6) is 5.75 Å². The summed E-state index contributed by atoms with van der Waals surface area (Å²) < 4.78 is 18.6. The molecule has 1 heterocycles. The Morgan fingerprint density at radius 3 is 2.85 bits per heavy atom. The molecule has 0 radical (unpaired) electrons. The zero-order chi connectivity index (χ0) is 14.7. The molecule has 1 atom stereocenters. The van der Waals surface area contributed by atoms with E-state index < -0.39 is 23.7 Å². The normalized spacial score (nSPS) is 18.4. The molecule has 3 amide bonds. The molecular weight excluding hydrogens is 267 g/mol. The third kappa shape index (κ3) is 2.76. The lowest BCUT2D eigenvalue weighted by Crippen LogP contribution is -2.52. The fourth-order valence-electron chi connectivity index (χ4n) is 1.96. The van der Waals surface area contributed by atoms with Crippen LogP contribution in [-0.4, -0.2) is 30.9 Å². The van der Waals surface area contributed by atoms with Crippen LogP contribution in [0.2, 0.25) is 0 Å². The summed E-state index contributed by atoms with van der Waals surface area (Å²) in [4.78, 5) is 34.6. The molecule has 1 fully saturated rings. The highest BCUT2D eigenvalue weighted by atomic mass is 19.1. The zero-order valence-electron chi connectivity index (χ0n) is 10.7. The Hall–Kier alpha value is -2.44. The fourth-order valence-corrected chi connectivity index (χ4v) is 1.96. The van der Waals surface area contributed by atoms with Gasteiger partial charge in [-0.05, 0) is 18.6 Å². The van der Waals surface area contributed by atoms with Gasteiger partial charge in [0.05, 0.1) is 7.11 Å². The number of ether oxygens (including phenoxy) is 1. The highest BCUT2D eigenvalue weighted by Gasteiger charge is 2.29. The van der Waals surface area contributed by atoms with E-state index in [2.05, 4.69) is 10.6 Å². The molecule has 20 heavy (non-hydrogen) atoms. The average Bonchev–Trinajstić information content (AvgIpc) is 2.41. The number of rotatable bonds is 3. The van der Waals surface area contributed by atoms with Gasteiger partial charge in [0.15, 0.2) is 0 Å². The maximum absolute atomic E-state index is 13.7. The number of hydrogen-bond donors (Lipinski definition) is 2. The van der Waals surface area contributed by atoms with Gasteiger partial charge in [0.1, 0.15) is 23.2 Å². The van der Waals surface area contributed by atoms with Gasteiger partial charge in [-0.15, -0.1) is 0 Å². The number of halogens is 1. The van der Waals surface area contributed by atoms with Crippen molar-refractivity contribution >= 4 is 17.7 Å². The third-order valence-corrected chi connectivity index (χ3v) is 2.97. The van der Waals surface area contributed by atoms with Crippen molar-refractivity contribution in [2.45, 2.75) is 18.9 Å². The average molecular weight is 280 g/mol. The Bertz CT molecular complexity index is 573. The molecule has 2 N–H and O–H groups in total. The van der Waals surface area contributed by atoms with Crippen molar-refractivity contribution in [3.05, 3.63) is 29.6 Å². The van der Waals surface area contributed by atoms with Crippen molar-refractivity contribution in [3.63, 3.8) is 0 Å². The summed E-state index contributed by atoms with van der Waals surface area (Å²) in [5.74, 6) is -2.40. The topological polar surface area (TPSA) is 84.5 Å². The maximum atomic E-state index is 13.7. The predicted molar refractivity (Wildman–Crippen MR) is 66.6 cm³/mol. The molecule has 6 nitrogen and oxygen atoms in total. The molecule has 0 saturated carbocycles. The first-order chi connectivity index (χ1) is 9.52. The number of carbonyl (C=O) groups is 3. The van der Waals surface area contributed by atoms with Gasteiger partial charge in [0, 0.05) is 6.42 Å². The van der Waals surface area contributed by atoms with Gasteiger partial charge in [-0.25, -0.2) is 4.39 Å². The molecule has 1 aliphatic heterocycles. The van der Waals surface area contributed by atoms with E-state index >= 15 is 0 Å². The van der Waals surface area contributed by atoms with Crippen LogP contribution in [0.4, 0.5) is 4.39 Å². The minimum atomic E-state index is -0.857. The van der Waals surface area contributed by atoms with Gasteiger partial charge in [0.25, 0.3) is 5.91 Å². The molecule has 0 bridgehead atoms. The van der Waals surface area contributed by atoms with Crippen molar-refractivity contribution in [3.8, 4) is 5.75 Å². The van der Waals surface area contributed by atoms with Gasteiger partial charge < -0.3 is 10.1 Å². The minimum Gasteiger partial charge on any atom is -0.496 e. The van der Waals surface area contributed by atoms with Crippen LogP contribution in [0, 0.1) is 5.82 Å². The van der Waals surface area contributed by atoms with Crippen LogP contribution in [0.15, 0.2) is 18.2 Å². The zero-order valence-corrected chi connectivity index (χ0v) is 10.7. The molecule has 0 aromatic heterocycles. The van der Waals surface area contributed by atoms with Crippen molar-refractivity contribution in [1.82, 2.24) is 10.6 Å². The number of imide groups is 1. The number of hydrogen-bond acceptors (Lipinski definition) is 4. The first-order valence-corrected chi connectivity index (χ1v) is 6.00. The molecule has 106 valence electrons. The fraction of sp³-hybridized carbons (Fsp3) is 0.308.